The van der Waals surface area contributed by atoms with Crippen molar-refractivity contribution in [2.45, 2.75) is 76.2 Å². The molecule has 0 radical (unpaired) electrons. The van der Waals surface area contributed by atoms with Crippen LogP contribution >= 0.6 is 0 Å². The summed E-state index contributed by atoms with van der Waals surface area (Å²) in [5.74, 6) is 1.05. The number of hydrogen-bond donors (Lipinski definition) is 0. The average Bonchev–Trinajstić information content (AvgIpc) is 2.79. The van der Waals surface area contributed by atoms with E-state index in [2.05, 4.69) is 0 Å². The smallest absolute Gasteiger partial charge is 0.199 e. The van der Waals surface area contributed by atoms with Gasteiger partial charge >= 0.3 is 0 Å². The summed E-state index contributed by atoms with van der Waals surface area (Å²) in [6, 6.07) is 8.49. The highest BCUT2D eigenvalue weighted by Crippen LogP contribution is 2.37. The van der Waals surface area contributed by atoms with Gasteiger partial charge in [0, 0.05) is 6.61 Å². The van der Waals surface area contributed by atoms with Gasteiger partial charge in [0.15, 0.2) is 5.83 Å². The van der Waals surface area contributed by atoms with Gasteiger partial charge in [-0.25, -0.2) is 4.39 Å². The summed E-state index contributed by atoms with van der Waals surface area (Å²) in [6.07, 6.45) is 16.7. The molecular formula is C26H33F2NO. The van der Waals surface area contributed by atoms with E-state index < -0.39 is 5.83 Å². The average molecular weight is 414 g/mol. The highest BCUT2D eigenvalue weighted by molar-refractivity contribution is 5.21. The Bertz CT molecular complexity index is 733. The molecule has 2 aliphatic rings. The fourth-order valence-corrected chi connectivity index (χ4v) is 4.87. The summed E-state index contributed by atoms with van der Waals surface area (Å²) in [5.41, 5.74) is 1.27. The van der Waals surface area contributed by atoms with Gasteiger partial charge in [0.2, 0.25) is 0 Å². The van der Waals surface area contributed by atoms with Crippen molar-refractivity contribution in [2.75, 3.05) is 6.61 Å². The Morgan fingerprint density at radius 1 is 1.00 bits per heavy atom. The van der Waals surface area contributed by atoms with Crippen LogP contribution in [0.5, 0.6) is 0 Å². The van der Waals surface area contributed by atoms with Crippen LogP contribution in [0.4, 0.5) is 8.78 Å². The Morgan fingerprint density at radius 3 is 2.33 bits per heavy atom. The summed E-state index contributed by atoms with van der Waals surface area (Å²) in [6.45, 7) is 0.880. The maximum atomic E-state index is 13.1. The first-order valence-corrected chi connectivity index (χ1v) is 11.4. The normalized spacial score (nSPS) is 27.8. The first-order chi connectivity index (χ1) is 14.6. The van der Waals surface area contributed by atoms with Gasteiger partial charge in [0.1, 0.15) is 11.9 Å². The molecule has 0 amide bonds. The molecule has 2 fully saturated rings. The van der Waals surface area contributed by atoms with Crippen LogP contribution in [0.2, 0.25) is 0 Å². The second-order valence-electron chi connectivity index (χ2n) is 8.88. The number of nitrogens with zero attached hydrogens (tertiary/aromatic N) is 1. The molecule has 162 valence electrons. The molecule has 0 aliphatic heterocycles. The van der Waals surface area contributed by atoms with Crippen LogP contribution in [0.1, 0.15) is 75.7 Å². The maximum absolute atomic E-state index is 13.1. The first kappa shape index (κ1) is 22.7. The molecule has 2 saturated carbocycles. The first-order valence-electron chi connectivity index (χ1n) is 11.4. The van der Waals surface area contributed by atoms with Gasteiger partial charge in [-0.15, -0.1) is 0 Å². The number of allylic oxidation sites excluding steroid dienone is 4. The zero-order valence-electron chi connectivity index (χ0n) is 17.7. The van der Waals surface area contributed by atoms with Crippen LogP contribution in [0, 0.1) is 29.0 Å². The van der Waals surface area contributed by atoms with E-state index in [-0.39, 0.29) is 5.82 Å². The van der Waals surface area contributed by atoms with Gasteiger partial charge in [0.05, 0.1) is 6.10 Å². The molecule has 1 aromatic carbocycles. The zero-order valence-corrected chi connectivity index (χ0v) is 17.7. The quantitative estimate of drug-likeness (QED) is 0.329. The highest BCUT2D eigenvalue weighted by atomic mass is 19.1. The number of rotatable bonds is 8. The van der Waals surface area contributed by atoms with E-state index in [0.29, 0.717) is 17.9 Å². The van der Waals surface area contributed by atoms with Gasteiger partial charge < -0.3 is 4.74 Å². The van der Waals surface area contributed by atoms with E-state index in [1.165, 1.54) is 56.2 Å². The summed E-state index contributed by atoms with van der Waals surface area (Å²) in [4.78, 5) is 0. The molecule has 30 heavy (non-hydrogen) atoms. The Morgan fingerprint density at radius 2 is 1.67 bits per heavy atom. The molecule has 0 spiro atoms. The van der Waals surface area contributed by atoms with Crippen molar-refractivity contribution in [3.8, 4) is 6.07 Å². The van der Waals surface area contributed by atoms with E-state index in [1.807, 2.05) is 18.2 Å². The Balaban J connectivity index is 1.27. The fraction of sp³-hybridized carbons (Fsp3) is 0.577. The third-order valence-electron chi connectivity index (χ3n) is 6.78. The minimum absolute atomic E-state index is 0.157. The van der Waals surface area contributed by atoms with Crippen molar-refractivity contribution in [2.24, 2.45) is 11.8 Å². The lowest BCUT2D eigenvalue weighted by molar-refractivity contribution is -0.00824. The molecule has 0 unspecified atom stereocenters. The summed E-state index contributed by atoms with van der Waals surface area (Å²) in [7, 11) is 0. The van der Waals surface area contributed by atoms with Crippen molar-refractivity contribution >= 4 is 0 Å². The van der Waals surface area contributed by atoms with Crippen molar-refractivity contribution < 1.29 is 13.5 Å². The van der Waals surface area contributed by atoms with Gasteiger partial charge in [-0.1, -0.05) is 24.3 Å². The molecule has 0 aromatic heterocycles. The molecule has 4 heteroatoms. The third-order valence-corrected chi connectivity index (χ3v) is 6.78. The van der Waals surface area contributed by atoms with Crippen molar-refractivity contribution in [3.05, 3.63) is 59.7 Å². The lowest BCUT2D eigenvalue weighted by Crippen LogP contribution is -2.25. The van der Waals surface area contributed by atoms with Crippen molar-refractivity contribution in [1.29, 1.82) is 5.26 Å². The van der Waals surface area contributed by atoms with E-state index in [9.17, 15) is 8.78 Å². The number of ether oxygens (including phenoxy) is 1. The topological polar surface area (TPSA) is 33.0 Å². The minimum atomic E-state index is -0.743. The molecule has 0 atom stereocenters. The molecule has 2 aliphatic carbocycles. The van der Waals surface area contributed by atoms with Crippen LogP contribution < -0.4 is 0 Å². The Hall–Kier alpha value is -1.99. The van der Waals surface area contributed by atoms with Gasteiger partial charge in [-0.3, -0.25) is 0 Å². The predicted molar refractivity (Wildman–Crippen MR) is 116 cm³/mol. The number of benzene rings is 1. The number of hydrogen-bond acceptors (Lipinski definition) is 2. The van der Waals surface area contributed by atoms with E-state index >= 15 is 0 Å². The summed E-state index contributed by atoms with van der Waals surface area (Å²) >= 11 is 0. The van der Waals surface area contributed by atoms with Crippen LogP contribution in [-0.4, -0.2) is 12.7 Å². The van der Waals surface area contributed by atoms with E-state index in [4.69, 9.17) is 10.00 Å². The molecular weight excluding hydrogens is 380 g/mol. The molecule has 3 rings (SSSR count). The molecule has 0 heterocycles. The Kier molecular flexibility index (Phi) is 9.08. The minimum Gasteiger partial charge on any atom is -0.378 e. The lowest BCUT2D eigenvalue weighted by Gasteiger charge is -2.32. The molecule has 0 bridgehead atoms. The van der Waals surface area contributed by atoms with Gasteiger partial charge in [-0.05, 0) is 106 Å². The molecule has 0 saturated heterocycles. The highest BCUT2D eigenvalue weighted by Gasteiger charge is 2.25. The standard InChI is InChI=1S/C26H33F2NO/c27-24-14-12-23(13-15-24)22-10-6-21(7-11-22)19-30-26-16-8-20(9-17-26)4-2-1-3-5-25(28)18-29/h1,3,5,12-15,20-22,26H,2,4,6-11,16-17,19H2/t20-,21-,22-,26-. The summed E-state index contributed by atoms with van der Waals surface area (Å²) < 4.78 is 32.1. The zero-order chi connectivity index (χ0) is 21.2. The second-order valence-corrected chi connectivity index (χ2v) is 8.88. The predicted octanol–water partition coefficient (Wildman–Crippen LogP) is 7.39. The second kappa shape index (κ2) is 12.0. The maximum Gasteiger partial charge on any atom is 0.199 e. The molecule has 2 nitrogen and oxygen atoms in total. The van der Waals surface area contributed by atoms with Crippen molar-refractivity contribution in [1.82, 2.24) is 0 Å². The van der Waals surface area contributed by atoms with Crippen LogP contribution in [0.15, 0.2) is 48.3 Å². The van der Waals surface area contributed by atoms with E-state index in [0.717, 1.165) is 38.2 Å². The van der Waals surface area contributed by atoms with Crippen LogP contribution in [-0.2, 0) is 4.74 Å². The molecule has 1 aromatic rings. The van der Waals surface area contributed by atoms with Gasteiger partial charge in [0.25, 0.3) is 0 Å². The monoisotopic (exact) mass is 413 g/mol. The Labute approximate surface area is 179 Å². The SMILES string of the molecule is N#CC(F)=CC=CCC[C@H]1CC[C@H](OC[C@H]2CC[C@H](c3ccc(F)cc3)CC2)CC1. The number of halogens is 2. The lowest BCUT2D eigenvalue weighted by atomic mass is 9.79. The van der Waals surface area contributed by atoms with E-state index in [1.54, 1.807) is 18.2 Å². The van der Waals surface area contributed by atoms with Crippen molar-refractivity contribution in [3.63, 3.8) is 0 Å². The van der Waals surface area contributed by atoms with Crippen LogP contribution in [0.3, 0.4) is 0 Å². The fourth-order valence-electron chi connectivity index (χ4n) is 4.87. The molecule has 0 N–H and O–H groups in total. The number of nitriles is 1. The van der Waals surface area contributed by atoms with Gasteiger partial charge in [-0.2, -0.15) is 9.65 Å². The largest absolute Gasteiger partial charge is 0.378 e. The summed E-state index contributed by atoms with van der Waals surface area (Å²) in [5, 5.41) is 8.36. The van der Waals surface area contributed by atoms with Crippen LogP contribution in [0.25, 0.3) is 0 Å². The third kappa shape index (κ3) is 7.36.